The molecule has 0 saturated heterocycles. The number of nitrogens with zero attached hydrogens (tertiary/aromatic N) is 1. The Balaban J connectivity index is 1.96. The summed E-state index contributed by atoms with van der Waals surface area (Å²) in [5, 5.41) is 2.82. The molecule has 0 spiro atoms. The minimum absolute atomic E-state index is 0.296. The molecule has 108 valence electrons. The van der Waals surface area contributed by atoms with Crippen molar-refractivity contribution in [2.75, 3.05) is 12.4 Å². The van der Waals surface area contributed by atoms with Gasteiger partial charge in [0.15, 0.2) is 5.13 Å². The number of thiazole rings is 1. The summed E-state index contributed by atoms with van der Waals surface area (Å²) in [5.74, 6) is -1.24. The number of rotatable bonds is 4. The first kappa shape index (κ1) is 14.9. The lowest BCUT2D eigenvalue weighted by Crippen LogP contribution is -2.07. The highest BCUT2D eigenvalue weighted by Gasteiger charge is 2.11. The molecule has 2 rings (SSSR count). The van der Waals surface area contributed by atoms with Crippen LogP contribution in [0.3, 0.4) is 0 Å². The van der Waals surface area contributed by atoms with Gasteiger partial charge in [0.2, 0.25) is 5.91 Å². The molecule has 0 aliphatic carbocycles. The van der Waals surface area contributed by atoms with E-state index < -0.39 is 11.9 Å². The number of methoxy groups -OCH3 is 1. The lowest BCUT2D eigenvalue weighted by Gasteiger charge is -1.96. The minimum Gasteiger partial charge on any atom is -0.465 e. The molecule has 21 heavy (non-hydrogen) atoms. The van der Waals surface area contributed by atoms with Gasteiger partial charge in [-0.25, -0.2) is 14.2 Å². The van der Waals surface area contributed by atoms with Crippen LogP contribution < -0.4 is 5.32 Å². The summed E-state index contributed by atoms with van der Waals surface area (Å²) < 4.78 is 17.3. The van der Waals surface area contributed by atoms with Crippen LogP contribution in [0, 0.1) is 5.82 Å². The van der Waals surface area contributed by atoms with E-state index >= 15 is 0 Å². The molecule has 0 atom stereocenters. The number of halogens is 1. The molecule has 0 bridgehead atoms. The number of carbonyl (C=O) groups excluding carboxylic acids is 2. The fourth-order valence-corrected chi connectivity index (χ4v) is 2.16. The second kappa shape index (κ2) is 6.76. The van der Waals surface area contributed by atoms with Crippen molar-refractivity contribution in [3.8, 4) is 0 Å². The molecule has 0 fully saturated rings. The van der Waals surface area contributed by atoms with E-state index in [1.165, 1.54) is 31.5 Å². The number of aromatic nitrogens is 1. The number of hydrogen-bond acceptors (Lipinski definition) is 5. The number of amides is 1. The number of carbonyl (C=O) groups is 2. The smallest absolute Gasteiger partial charge is 0.349 e. The SMILES string of the molecule is COC(=O)c1cnc(NC(=O)/C=C/c2ccc(F)cc2)s1. The Morgan fingerprint density at radius 1 is 1.33 bits per heavy atom. The van der Waals surface area contributed by atoms with Gasteiger partial charge in [0.05, 0.1) is 13.3 Å². The van der Waals surface area contributed by atoms with Crippen LogP contribution in [0.25, 0.3) is 6.08 Å². The molecule has 0 aliphatic rings. The van der Waals surface area contributed by atoms with E-state index in [0.29, 0.717) is 15.6 Å². The first-order valence-electron chi connectivity index (χ1n) is 5.87. The van der Waals surface area contributed by atoms with Crippen molar-refractivity contribution in [1.29, 1.82) is 0 Å². The van der Waals surface area contributed by atoms with Gasteiger partial charge < -0.3 is 4.74 Å². The van der Waals surface area contributed by atoms with Crippen LogP contribution >= 0.6 is 11.3 Å². The van der Waals surface area contributed by atoms with E-state index in [2.05, 4.69) is 15.0 Å². The lowest BCUT2D eigenvalue weighted by molar-refractivity contribution is -0.111. The number of hydrogen-bond donors (Lipinski definition) is 1. The maximum Gasteiger partial charge on any atom is 0.349 e. The van der Waals surface area contributed by atoms with E-state index in [1.807, 2.05) is 0 Å². The van der Waals surface area contributed by atoms with Crippen LogP contribution in [0.2, 0.25) is 0 Å². The zero-order valence-corrected chi connectivity index (χ0v) is 11.8. The summed E-state index contributed by atoms with van der Waals surface area (Å²) in [6, 6.07) is 5.72. The molecule has 1 aromatic carbocycles. The van der Waals surface area contributed by atoms with E-state index in [9.17, 15) is 14.0 Å². The van der Waals surface area contributed by atoms with E-state index in [1.54, 1.807) is 18.2 Å². The van der Waals surface area contributed by atoms with E-state index in [4.69, 9.17) is 0 Å². The topological polar surface area (TPSA) is 68.3 Å². The summed E-state index contributed by atoms with van der Waals surface area (Å²) in [6.07, 6.45) is 4.17. The highest BCUT2D eigenvalue weighted by atomic mass is 32.1. The third kappa shape index (κ3) is 4.22. The summed E-state index contributed by atoms with van der Waals surface area (Å²) >= 11 is 1.02. The predicted octanol–water partition coefficient (Wildman–Crippen LogP) is 2.72. The van der Waals surface area contributed by atoms with Crippen molar-refractivity contribution in [3.05, 3.63) is 52.8 Å². The summed E-state index contributed by atoms with van der Waals surface area (Å²) in [5.41, 5.74) is 0.695. The molecular weight excluding hydrogens is 295 g/mol. The summed E-state index contributed by atoms with van der Waals surface area (Å²) in [7, 11) is 1.27. The first-order valence-corrected chi connectivity index (χ1v) is 6.69. The number of ether oxygens (including phenoxy) is 1. The van der Waals surface area contributed by atoms with Crippen molar-refractivity contribution in [2.45, 2.75) is 0 Å². The standard InChI is InChI=1S/C14H11FN2O3S/c1-20-13(19)11-8-16-14(21-11)17-12(18)7-4-9-2-5-10(15)6-3-9/h2-8H,1H3,(H,16,17,18)/b7-4+. The Bertz CT molecular complexity index is 680. The molecule has 0 unspecified atom stereocenters. The monoisotopic (exact) mass is 306 g/mol. The van der Waals surface area contributed by atoms with Crippen LogP contribution in [0.1, 0.15) is 15.2 Å². The number of benzene rings is 1. The highest BCUT2D eigenvalue weighted by molar-refractivity contribution is 7.17. The Labute approximate surface area is 124 Å². The third-order valence-electron chi connectivity index (χ3n) is 2.42. The predicted molar refractivity (Wildman–Crippen MR) is 77.5 cm³/mol. The molecule has 1 heterocycles. The summed E-state index contributed by atoms with van der Waals surface area (Å²) in [4.78, 5) is 27.1. The molecular formula is C14H11FN2O3S. The van der Waals surface area contributed by atoms with Gasteiger partial charge in [-0.1, -0.05) is 23.5 Å². The second-order valence-electron chi connectivity index (χ2n) is 3.90. The quantitative estimate of drug-likeness (QED) is 0.696. The minimum atomic E-state index is -0.505. The third-order valence-corrected chi connectivity index (χ3v) is 3.31. The van der Waals surface area contributed by atoms with Gasteiger partial charge in [0.1, 0.15) is 10.7 Å². The van der Waals surface area contributed by atoms with Crippen LogP contribution in [-0.2, 0) is 9.53 Å². The molecule has 1 N–H and O–H groups in total. The number of esters is 1. The van der Waals surface area contributed by atoms with Crippen LogP contribution in [0.4, 0.5) is 9.52 Å². The van der Waals surface area contributed by atoms with Crippen molar-refractivity contribution < 1.29 is 18.7 Å². The molecule has 0 aliphatic heterocycles. The maximum atomic E-state index is 12.7. The fraction of sp³-hybridized carbons (Fsp3) is 0.0714. The molecule has 0 saturated carbocycles. The second-order valence-corrected chi connectivity index (χ2v) is 4.93. The van der Waals surface area contributed by atoms with Gasteiger partial charge in [-0.15, -0.1) is 0 Å². The van der Waals surface area contributed by atoms with Gasteiger partial charge in [0.25, 0.3) is 0 Å². The molecule has 1 aromatic heterocycles. The Morgan fingerprint density at radius 3 is 2.71 bits per heavy atom. The van der Waals surface area contributed by atoms with Gasteiger partial charge in [-0.2, -0.15) is 0 Å². The number of anilines is 1. The van der Waals surface area contributed by atoms with Gasteiger partial charge in [-0.05, 0) is 23.8 Å². The first-order chi connectivity index (χ1) is 10.1. The van der Waals surface area contributed by atoms with E-state index in [0.717, 1.165) is 11.3 Å². The zero-order chi connectivity index (χ0) is 15.2. The summed E-state index contributed by atoms with van der Waals surface area (Å²) in [6.45, 7) is 0. The zero-order valence-electron chi connectivity index (χ0n) is 11.0. The van der Waals surface area contributed by atoms with Crippen LogP contribution in [0.15, 0.2) is 36.5 Å². The maximum absolute atomic E-state index is 12.7. The fourth-order valence-electron chi connectivity index (χ4n) is 1.42. The average molecular weight is 306 g/mol. The number of nitrogens with one attached hydrogen (secondary N) is 1. The van der Waals surface area contributed by atoms with Gasteiger partial charge >= 0.3 is 5.97 Å². The Kier molecular flexibility index (Phi) is 4.78. The largest absolute Gasteiger partial charge is 0.465 e. The molecule has 1 amide bonds. The molecule has 2 aromatic rings. The highest BCUT2D eigenvalue weighted by Crippen LogP contribution is 2.18. The molecule has 7 heteroatoms. The Hall–Kier alpha value is -2.54. The van der Waals surface area contributed by atoms with Crippen LogP contribution in [0.5, 0.6) is 0 Å². The van der Waals surface area contributed by atoms with Crippen molar-refractivity contribution in [2.24, 2.45) is 0 Å². The van der Waals surface area contributed by atoms with Gasteiger partial charge in [0, 0.05) is 6.08 Å². The van der Waals surface area contributed by atoms with Crippen LogP contribution in [-0.4, -0.2) is 24.0 Å². The van der Waals surface area contributed by atoms with Crippen molar-refractivity contribution >= 4 is 34.4 Å². The van der Waals surface area contributed by atoms with Crippen molar-refractivity contribution in [1.82, 2.24) is 4.98 Å². The van der Waals surface area contributed by atoms with Gasteiger partial charge in [-0.3, -0.25) is 10.1 Å². The lowest BCUT2D eigenvalue weighted by atomic mass is 10.2. The Morgan fingerprint density at radius 2 is 2.05 bits per heavy atom. The normalized spacial score (nSPS) is 10.6. The molecule has 0 radical (unpaired) electrons. The van der Waals surface area contributed by atoms with Crippen molar-refractivity contribution in [3.63, 3.8) is 0 Å². The van der Waals surface area contributed by atoms with E-state index in [-0.39, 0.29) is 5.82 Å². The molecule has 5 nitrogen and oxygen atoms in total. The average Bonchev–Trinajstić information content (AvgIpc) is 2.94.